The van der Waals surface area contributed by atoms with Crippen molar-refractivity contribution in [3.05, 3.63) is 29.8 Å². The highest BCUT2D eigenvalue weighted by molar-refractivity contribution is 7.98. The van der Waals surface area contributed by atoms with Crippen LogP contribution < -0.4 is 4.72 Å². The van der Waals surface area contributed by atoms with Gasteiger partial charge in [-0.05, 0) is 50.2 Å². The van der Waals surface area contributed by atoms with E-state index >= 15 is 0 Å². The lowest BCUT2D eigenvalue weighted by atomic mass is 10.1. The summed E-state index contributed by atoms with van der Waals surface area (Å²) >= 11 is 1.41. The Morgan fingerprint density at radius 3 is 2.32 bits per heavy atom. The molecule has 1 aromatic carbocycles. The summed E-state index contributed by atoms with van der Waals surface area (Å²) in [6, 6.07) is 8.35. The van der Waals surface area contributed by atoms with Gasteiger partial charge in [0.05, 0.1) is 0 Å². The Bertz CT molecular complexity index is 418. The molecule has 0 fully saturated rings. The van der Waals surface area contributed by atoms with Gasteiger partial charge >= 0.3 is 0 Å². The molecule has 4 heteroatoms. The van der Waals surface area contributed by atoms with Crippen molar-refractivity contribution in [1.82, 2.24) is 9.62 Å². The number of carbonyl (C=O) groups is 1. The molecular formula is C18H30N2OS. The van der Waals surface area contributed by atoms with E-state index in [0.29, 0.717) is 6.42 Å². The summed E-state index contributed by atoms with van der Waals surface area (Å²) in [5.41, 5.74) is 1.28. The minimum absolute atomic E-state index is 0.137. The topological polar surface area (TPSA) is 32.3 Å². The minimum Gasteiger partial charge on any atom is -0.305 e. The van der Waals surface area contributed by atoms with Crippen molar-refractivity contribution < 1.29 is 4.79 Å². The summed E-state index contributed by atoms with van der Waals surface area (Å²) in [6.07, 6.45) is 7.93. The first-order chi connectivity index (χ1) is 10.6. The molecule has 1 rings (SSSR count). The number of nitrogens with one attached hydrogen (secondary N) is 1. The molecule has 0 saturated carbocycles. The SMILES string of the molecule is CCCCCCCCC(=O)NSc1ccc(CN(C)C)cc1. The number of carbonyl (C=O) groups excluding carboxylic acids is 1. The highest BCUT2D eigenvalue weighted by Gasteiger charge is 2.03. The Kier molecular flexibility index (Phi) is 10.0. The smallest absolute Gasteiger partial charge is 0.230 e. The molecule has 0 radical (unpaired) electrons. The number of unbranched alkanes of at least 4 members (excludes halogenated alkanes) is 5. The van der Waals surface area contributed by atoms with Crippen LogP contribution in [0.15, 0.2) is 29.2 Å². The van der Waals surface area contributed by atoms with Crippen molar-refractivity contribution in [2.45, 2.75) is 63.3 Å². The first-order valence-corrected chi connectivity index (χ1v) is 9.13. The highest BCUT2D eigenvalue weighted by atomic mass is 32.2. The summed E-state index contributed by atoms with van der Waals surface area (Å²) in [5.74, 6) is 0.137. The molecule has 0 aliphatic rings. The van der Waals surface area contributed by atoms with Crippen LogP contribution in [0.3, 0.4) is 0 Å². The van der Waals surface area contributed by atoms with Gasteiger partial charge in [-0.25, -0.2) is 0 Å². The molecule has 3 nitrogen and oxygen atoms in total. The van der Waals surface area contributed by atoms with Crippen molar-refractivity contribution in [3.63, 3.8) is 0 Å². The fourth-order valence-electron chi connectivity index (χ4n) is 2.26. The van der Waals surface area contributed by atoms with Crippen LogP contribution in [0.25, 0.3) is 0 Å². The fourth-order valence-corrected chi connectivity index (χ4v) is 2.87. The van der Waals surface area contributed by atoms with E-state index in [2.05, 4.69) is 54.9 Å². The minimum atomic E-state index is 0.137. The largest absolute Gasteiger partial charge is 0.305 e. The normalized spacial score (nSPS) is 10.9. The maximum absolute atomic E-state index is 11.8. The van der Waals surface area contributed by atoms with E-state index in [1.54, 1.807) is 0 Å². The van der Waals surface area contributed by atoms with Crippen molar-refractivity contribution in [2.75, 3.05) is 14.1 Å². The first kappa shape index (κ1) is 19.0. The highest BCUT2D eigenvalue weighted by Crippen LogP contribution is 2.16. The van der Waals surface area contributed by atoms with E-state index in [1.807, 2.05) is 0 Å². The third kappa shape index (κ3) is 9.11. The average Bonchev–Trinajstić information content (AvgIpc) is 2.49. The van der Waals surface area contributed by atoms with Crippen molar-refractivity contribution in [3.8, 4) is 0 Å². The molecule has 1 amide bonds. The average molecular weight is 323 g/mol. The summed E-state index contributed by atoms with van der Waals surface area (Å²) in [4.78, 5) is 15.0. The van der Waals surface area contributed by atoms with Gasteiger partial charge in [-0.3, -0.25) is 9.52 Å². The number of hydrogen-bond donors (Lipinski definition) is 1. The molecule has 1 aromatic rings. The van der Waals surface area contributed by atoms with Gasteiger partial charge in [0.15, 0.2) is 0 Å². The van der Waals surface area contributed by atoms with Gasteiger partial charge < -0.3 is 4.90 Å². The van der Waals surface area contributed by atoms with Gasteiger partial charge in [-0.15, -0.1) is 0 Å². The van der Waals surface area contributed by atoms with Crippen LogP contribution in [0.5, 0.6) is 0 Å². The molecule has 0 heterocycles. The molecule has 0 unspecified atom stereocenters. The summed E-state index contributed by atoms with van der Waals surface area (Å²) in [6.45, 7) is 3.16. The maximum atomic E-state index is 11.8. The van der Waals surface area contributed by atoms with E-state index in [1.165, 1.54) is 43.2 Å². The summed E-state index contributed by atoms with van der Waals surface area (Å²) in [5, 5.41) is 0. The van der Waals surface area contributed by atoms with E-state index in [9.17, 15) is 4.79 Å². The molecule has 0 spiro atoms. The first-order valence-electron chi connectivity index (χ1n) is 8.31. The van der Waals surface area contributed by atoms with E-state index in [0.717, 1.165) is 24.3 Å². The lowest BCUT2D eigenvalue weighted by Gasteiger charge is -2.10. The molecule has 124 valence electrons. The standard InChI is InChI=1S/C18H30N2OS/c1-4-5-6-7-8-9-10-18(21)19-22-17-13-11-16(12-14-17)15-20(2)3/h11-14H,4-10,15H2,1-3H3,(H,19,21). The van der Waals surface area contributed by atoms with Gasteiger partial charge in [0.25, 0.3) is 0 Å². The Labute approximate surface area is 140 Å². The second-order valence-corrected chi connectivity index (χ2v) is 6.91. The predicted molar refractivity (Wildman–Crippen MR) is 95.8 cm³/mol. The van der Waals surface area contributed by atoms with E-state index < -0.39 is 0 Å². The third-order valence-electron chi connectivity index (χ3n) is 3.46. The van der Waals surface area contributed by atoms with Gasteiger partial charge in [0, 0.05) is 17.9 Å². The van der Waals surface area contributed by atoms with Crippen molar-refractivity contribution >= 4 is 17.9 Å². The zero-order valence-corrected chi connectivity index (χ0v) is 15.0. The second kappa shape index (κ2) is 11.6. The molecule has 1 N–H and O–H groups in total. The number of nitrogens with zero attached hydrogens (tertiary/aromatic N) is 1. The van der Waals surface area contributed by atoms with E-state index in [4.69, 9.17) is 0 Å². The lowest BCUT2D eigenvalue weighted by molar-refractivity contribution is -0.119. The van der Waals surface area contributed by atoms with Crippen LogP contribution in [0.4, 0.5) is 0 Å². The predicted octanol–water partition coefficient (Wildman–Crippen LogP) is 4.62. The van der Waals surface area contributed by atoms with Crippen LogP contribution in [0.1, 0.15) is 57.4 Å². The van der Waals surface area contributed by atoms with Crippen LogP contribution in [0.2, 0.25) is 0 Å². The Morgan fingerprint density at radius 2 is 1.68 bits per heavy atom. The monoisotopic (exact) mass is 322 g/mol. The molecule has 0 aliphatic heterocycles. The van der Waals surface area contributed by atoms with Crippen LogP contribution in [-0.4, -0.2) is 24.9 Å². The Morgan fingerprint density at radius 1 is 1.05 bits per heavy atom. The van der Waals surface area contributed by atoms with Gasteiger partial charge in [0.1, 0.15) is 0 Å². The molecule has 0 aromatic heterocycles. The zero-order chi connectivity index (χ0) is 16.2. The molecule has 22 heavy (non-hydrogen) atoms. The van der Waals surface area contributed by atoms with Gasteiger partial charge in [-0.1, -0.05) is 51.2 Å². The quantitative estimate of drug-likeness (QED) is 0.476. The van der Waals surface area contributed by atoms with Crippen LogP contribution in [-0.2, 0) is 11.3 Å². The Hall–Kier alpha value is -1.00. The zero-order valence-electron chi connectivity index (χ0n) is 14.2. The van der Waals surface area contributed by atoms with Crippen LogP contribution >= 0.6 is 11.9 Å². The lowest BCUT2D eigenvalue weighted by Crippen LogP contribution is -2.15. The second-order valence-electron chi connectivity index (χ2n) is 6.03. The van der Waals surface area contributed by atoms with Crippen LogP contribution in [0, 0.1) is 0 Å². The number of benzene rings is 1. The number of rotatable bonds is 11. The Balaban J connectivity index is 2.15. The van der Waals surface area contributed by atoms with E-state index in [-0.39, 0.29) is 5.91 Å². The fraction of sp³-hybridized carbons (Fsp3) is 0.611. The number of amides is 1. The molecule has 0 atom stereocenters. The van der Waals surface area contributed by atoms with Crippen molar-refractivity contribution in [2.24, 2.45) is 0 Å². The third-order valence-corrected chi connectivity index (χ3v) is 4.30. The number of hydrogen-bond acceptors (Lipinski definition) is 3. The molecule has 0 bridgehead atoms. The van der Waals surface area contributed by atoms with Crippen molar-refractivity contribution in [1.29, 1.82) is 0 Å². The molecule has 0 aliphatic carbocycles. The molecular weight excluding hydrogens is 292 g/mol. The summed E-state index contributed by atoms with van der Waals surface area (Å²) < 4.78 is 2.93. The van der Waals surface area contributed by atoms with Gasteiger partial charge in [-0.2, -0.15) is 0 Å². The maximum Gasteiger partial charge on any atom is 0.230 e. The molecule has 0 saturated heterocycles. The van der Waals surface area contributed by atoms with Gasteiger partial charge in [0.2, 0.25) is 5.91 Å². The summed E-state index contributed by atoms with van der Waals surface area (Å²) in [7, 11) is 4.12.